The zero-order valence-corrected chi connectivity index (χ0v) is 10.2. The standard InChI is InChI=1S/C11H12BrNO3/c12-8-1-4-16-9(8)10(14)11(7-13)2-5-15-6-3-11/h1,4,10,14H,2-3,5-6H2. The summed E-state index contributed by atoms with van der Waals surface area (Å²) in [5.74, 6) is 0.420. The van der Waals surface area contributed by atoms with E-state index in [9.17, 15) is 10.4 Å². The molecule has 16 heavy (non-hydrogen) atoms. The van der Waals surface area contributed by atoms with Crippen molar-refractivity contribution >= 4 is 15.9 Å². The Hall–Kier alpha value is -0.830. The molecule has 1 aliphatic heterocycles. The summed E-state index contributed by atoms with van der Waals surface area (Å²) in [4.78, 5) is 0. The predicted octanol–water partition coefficient (Wildman–Crippen LogP) is 2.40. The van der Waals surface area contributed by atoms with Gasteiger partial charge in [0.25, 0.3) is 0 Å². The summed E-state index contributed by atoms with van der Waals surface area (Å²) in [6, 6.07) is 3.93. The van der Waals surface area contributed by atoms with Crippen molar-refractivity contribution in [3.63, 3.8) is 0 Å². The lowest BCUT2D eigenvalue weighted by atomic mass is 9.76. The number of aliphatic hydroxyl groups excluding tert-OH is 1. The molecule has 1 aromatic heterocycles. The molecule has 0 aromatic carbocycles. The third-order valence-electron chi connectivity index (χ3n) is 3.02. The zero-order chi connectivity index (χ0) is 11.6. The van der Waals surface area contributed by atoms with Crippen LogP contribution in [0.15, 0.2) is 21.2 Å². The maximum Gasteiger partial charge on any atom is 0.148 e. The predicted molar refractivity (Wildman–Crippen MR) is 59.5 cm³/mol. The molecule has 1 unspecified atom stereocenters. The van der Waals surface area contributed by atoms with Crippen LogP contribution < -0.4 is 0 Å². The van der Waals surface area contributed by atoms with Gasteiger partial charge in [0.1, 0.15) is 11.9 Å². The number of nitrogens with zero attached hydrogens (tertiary/aromatic N) is 1. The van der Waals surface area contributed by atoms with Crippen LogP contribution in [-0.4, -0.2) is 18.3 Å². The Morgan fingerprint density at radius 3 is 2.69 bits per heavy atom. The highest BCUT2D eigenvalue weighted by molar-refractivity contribution is 9.10. The molecule has 0 aliphatic carbocycles. The average molecular weight is 286 g/mol. The van der Waals surface area contributed by atoms with E-state index < -0.39 is 11.5 Å². The van der Waals surface area contributed by atoms with E-state index in [-0.39, 0.29) is 0 Å². The van der Waals surface area contributed by atoms with Gasteiger partial charge >= 0.3 is 0 Å². The number of ether oxygens (including phenoxy) is 1. The molecule has 2 rings (SSSR count). The van der Waals surface area contributed by atoms with E-state index in [1.165, 1.54) is 6.26 Å². The Morgan fingerprint density at radius 2 is 2.19 bits per heavy atom. The molecule has 0 bridgehead atoms. The molecular weight excluding hydrogens is 274 g/mol. The largest absolute Gasteiger partial charge is 0.465 e. The van der Waals surface area contributed by atoms with Crippen molar-refractivity contribution in [2.45, 2.75) is 18.9 Å². The Kier molecular flexibility index (Phi) is 3.33. The molecule has 2 heterocycles. The molecule has 86 valence electrons. The molecule has 0 saturated carbocycles. The molecule has 4 nitrogen and oxygen atoms in total. The van der Waals surface area contributed by atoms with Gasteiger partial charge in [-0.15, -0.1) is 0 Å². The van der Waals surface area contributed by atoms with Crippen molar-refractivity contribution in [2.24, 2.45) is 5.41 Å². The van der Waals surface area contributed by atoms with Gasteiger partial charge < -0.3 is 14.3 Å². The van der Waals surface area contributed by atoms with Crippen LogP contribution in [0.25, 0.3) is 0 Å². The van der Waals surface area contributed by atoms with Gasteiger partial charge in [0, 0.05) is 13.2 Å². The highest BCUT2D eigenvalue weighted by Gasteiger charge is 2.43. The molecule has 0 spiro atoms. The van der Waals surface area contributed by atoms with Gasteiger partial charge in [-0.05, 0) is 34.8 Å². The van der Waals surface area contributed by atoms with Gasteiger partial charge in [0.15, 0.2) is 0 Å². The molecular formula is C11H12BrNO3. The number of hydrogen-bond acceptors (Lipinski definition) is 4. The molecule has 0 amide bonds. The fourth-order valence-corrected chi connectivity index (χ4v) is 2.35. The van der Waals surface area contributed by atoms with Gasteiger partial charge in [-0.2, -0.15) is 5.26 Å². The first kappa shape index (κ1) is 11.6. The summed E-state index contributed by atoms with van der Waals surface area (Å²) in [7, 11) is 0. The highest BCUT2D eigenvalue weighted by Crippen LogP contribution is 2.44. The highest BCUT2D eigenvalue weighted by atomic mass is 79.9. The zero-order valence-electron chi connectivity index (χ0n) is 8.65. The molecule has 5 heteroatoms. The van der Waals surface area contributed by atoms with E-state index in [0.717, 1.165) is 0 Å². The number of rotatable bonds is 2. The molecule has 0 radical (unpaired) electrons. The SMILES string of the molecule is N#CC1(C(O)c2occc2Br)CCOCC1. The molecule has 1 N–H and O–H groups in total. The summed E-state index contributed by atoms with van der Waals surface area (Å²) in [6.45, 7) is 1.01. The van der Waals surface area contributed by atoms with Crippen LogP contribution in [0.1, 0.15) is 24.7 Å². The summed E-state index contributed by atoms with van der Waals surface area (Å²) in [5, 5.41) is 19.5. The summed E-state index contributed by atoms with van der Waals surface area (Å²) < 4.78 is 11.1. The summed E-state index contributed by atoms with van der Waals surface area (Å²) >= 11 is 3.29. The van der Waals surface area contributed by atoms with Gasteiger partial charge in [-0.1, -0.05) is 0 Å². The van der Waals surface area contributed by atoms with Crippen LogP contribution in [0, 0.1) is 16.7 Å². The van der Waals surface area contributed by atoms with E-state index in [0.29, 0.717) is 36.3 Å². The normalized spacial score (nSPS) is 21.3. The lowest BCUT2D eigenvalue weighted by molar-refractivity contribution is -0.0394. The van der Waals surface area contributed by atoms with Crippen molar-refractivity contribution in [1.82, 2.24) is 0 Å². The Balaban J connectivity index is 2.28. The lowest BCUT2D eigenvalue weighted by Gasteiger charge is -2.33. The fourth-order valence-electron chi connectivity index (χ4n) is 1.93. The summed E-state index contributed by atoms with van der Waals surface area (Å²) in [6.07, 6.45) is 1.63. The van der Waals surface area contributed by atoms with Crippen LogP contribution in [0.4, 0.5) is 0 Å². The van der Waals surface area contributed by atoms with Gasteiger partial charge in [-0.25, -0.2) is 0 Å². The first-order valence-electron chi connectivity index (χ1n) is 5.09. The molecule has 1 atom stereocenters. The van der Waals surface area contributed by atoms with Crippen molar-refractivity contribution in [2.75, 3.05) is 13.2 Å². The second-order valence-electron chi connectivity index (χ2n) is 3.92. The average Bonchev–Trinajstić information content (AvgIpc) is 2.75. The van der Waals surface area contributed by atoms with Gasteiger partial charge in [0.2, 0.25) is 0 Å². The van der Waals surface area contributed by atoms with Crippen LogP contribution in [0.2, 0.25) is 0 Å². The molecule has 1 aliphatic rings. The number of furan rings is 1. The topological polar surface area (TPSA) is 66.4 Å². The monoisotopic (exact) mass is 285 g/mol. The number of nitriles is 1. The maximum atomic E-state index is 10.3. The Morgan fingerprint density at radius 1 is 1.50 bits per heavy atom. The smallest absolute Gasteiger partial charge is 0.148 e. The molecule has 1 fully saturated rings. The molecule has 1 saturated heterocycles. The number of aliphatic hydroxyl groups is 1. The van der Waals surface area contributed by atoms with E-state index in [2.05, 4.69) is 22.0 Å². The van der Waals surface area contributed by atoms with Crippen LogP contribution in [0.3, 0.4) is 0 Å². The van der Waals surface area contributed by atoms with Crippen molar-refractivity contribution < 1.29 is 14.3 Å². The van der Waals surface area contributed by atoms with E-state index >= 15 is 0 Å². The van der Waals surface area contributed by atoms with Gasteiger partial charge in [0.05, 0.1) is 22.2 Å². The second-order valence-corrected chi connectivity index (χ2v) is 4.77. The maximum absolute atomic E-state index is 10.3. The number of hydrogen-bond donors (Lipinski definition) is 1. The Bertz CT molecular complexity index is 404. The Labute approximate surface area is 102 Å². The van der Waals surface area contributed by atoms with Crippen molar-refractivity contribution in [3.05, 3.63) is 22.6 Å². The van der Waals surface area contributed by atoms with Gasteiger partial charge in [-0.3, -0.25) is 0 Å². The van der Waals surface area contributed by atoms with Crippen LogP contribution in [-0.2, 0) is 4.74 Å². The van der Waals surface area contributed by atoms with Crippen molar-refractivity contribution in [3.8, 4) is 6.07 Å². The van der Waals surface area contributed by atoms with Crippen LogP contribution in [0.5, 0.6) is 0 Å². The quantitative estimate of drug-likeness (QED) is 0.906. The second kappa shape index (κ2) is 4.58. The van der Waals surface area contributed by atoms with Crippen LogP contribution >= 0.6 is 15.9 Å². The minimum atomic E-state index is -0.911. The number of halogens is 1. The molecule has 1 aromatic rings. The third kappa shape index (κ3) is 1.88. The third-order valence-corrected chi connectivity index (χ3v) is 3.68. The first-order chi connectivity index (χ1) is 7.69. The summed E-state index contributed by atoms with van der Waals surface area (Å²) in [5.41, 5.74) is -0.793. The minimum absolute atomic E-state index is 0.420. The fraction of sp³-hybridized carbons (Fsp3) is 0.545. The minimum Gasteiger partial charge on any atom is -0.465 e. The first-order valence-corrected chi connectivity index (χ1v) is 5.89. The van der Waals surface area contributed by atoms with Crippen molar-refractivity contribution in [1.29, 1.82) is 5.26 Å². The van der Waals surface area contributed by atoms with E-state index in [4.69, 9.17) is 9.15 Å². The lowest BCUT2D eigenvalue weighted by Crippen LogP contribution is -2.34. The van der Waals surface area contributed by atoms with E-state index in [1.54, 1.807) is 6.07 Å². The van der Waals surface area contributed by atoms with E-state index in [1.807, 2.05) is 0 Å².